The first-order valence-electron chi connectivity index (χ1n) is 6.16. The molecule has 0 atom stereocenters. The lowest BCUT2D eigenvalue weighted by atomic mass is 10.2. The van der Waals surface area contributed by atoms with Crippen molar-refractivity contribution >= 4 is 31.6 Å². The molecule has 1 N–H and O–H groups in total. The Morgan fingerprint density at radius 2 is 1.74 bits per heavy atom. The Morgan fingerprint density at radius 1 is 1.09 bits per heavy atom. The molecule has 0 spiro atoms. The Bertz CT molecular complexity index is 850. The Hall–Kier alpha value is -1.61. The number of anilines is 1. The third kappa shape index (κ3) is 4.03. The normalized spacial score (nSPS) is 12.3. The summed E-state index contributed by atoms with van der Waals surface area (Å²) in [7, 11) is -4.36. The van der Waals surface area contributed by atoms with Crippen LogP contribution in [0.2, 0.25) is 0 Å². The van der Waals surface area contributed by atoms with Crippen LogP contribution in [0.5, 0.6) is 0 Å². The maximum atomic E-state index is 13.7. The molecule has 2 aromatic rings. The third-order valence-corrected chi connectivity index (χ3v) is 4.98. The van der Waals surface area contributed by atoms with E-state index in [1.54, 1.807) is 6.92 Å². The molecule has 0 aromatic heterocycles. The monoisotopic (exact) mass is 411 g/mol. The minimum absolute atomic E-state index is 0.287. The maximum absolute atomic E-state index is 13.7. The first kappa shape index (κ1) is 17.7. The standard InChI is InChI=1S/C14H10BrF4NO2S/c1-8-2-5-13(12(16)6-8)20-23(21,22)9-3-4-11(15)10(7-9)14(17,18)19/h2-7,20H,1H3. The summed E-state index contributed by atoms with van der Waals surface area (Å²) >= 11 is 2.72. The van der Waals surface area contributed by atoms with Gasteiger partial charge < -0.3 is 0 Å². The van der Waals surface area contributed by atoms with Crippen LogP contribution in [0.25, 0.3) is 0 Å². The molecule has 3 nitrogen and oxygen atoms in total. The van der Waals surface area contributed by atoms with Gasteiger partial charge in [0.1, 0.15) is 5.82 Å². The number of rotatable bonds is 3. The van der Waals surface area contributed by atoms with E-state index in [2.05, 4.69) is 15.9 Å². The van der Waals surface area contributed by atoms with Crippen molar-refractivity contribution in [2.45, 2.75) is 18.0 Å². The van der Waals surface area contributed by atoms with Gasteiger partial charge in [0.05, 0.1) is 16.1 Å². The molecule has 0 fully saturated rings. The van der Waals surface area contributed by atoms with Gasteiger partial charge in [0, 0.05) is 4.47 Å². The number of sulfonamides is 1. The lowest BCUT2D eigenvalue weighted by Crippen LogP contribution is -2.16. The largest absolute Gasteiger partial charge is 0.417 e. The summed E-state index contributed by atoms with van der Waals surface area (Å²) in [6, 6.07) is 6.24. The highest BCUT2D eigenvalue weighted by molar-refractivity contribution is 9.10. The van der Waals surface area contributed by atoms with Crippen LogP contribution in [0.1, 0.15) is 11.1 Å². The highest BCUT2D eigenvalue weighted by Crippen LogP contribution is 2.36. The van der Waals surface area contributed by atoms with Gasteiger partial charge in [-0.15, -0.1) is 0 Å². The van der Waals surface area contributed by atoms with Gasteiger partial charge in [-0.1, -0.05) is 22.0 Å². The van der Waals surface area contributed by atoms with E-state index in [-0.39, 0.29) is 10.2 Å². The zero-order chi connectivity index (χ0) is 17.4. The SMILES string of the molecule is Cc1ccc(NS(=O)(=O)c2ccc(Br)c(C(F)(F)F)c2)c(F)c1. The summed E-state index contributed by atoms with van der Waals surface area (Å²) in [5.74, 6) is -0.818. The van der Waals surface area contributed by atoms with Crippen molar-refractivity contribution < 1.29 is 26.0 Å². The van der Waals surface area contributed by atoms with Gasteiger partial charge >= 0.3 is 6.18 Å². The predicted molar refractivity (Wildman–Crippen MR) is 81.1 cm³/mol. The van der Waals surface area contributed by atoms with Crippen LogP contribution >= 0.6 is 15.9 Å². The van der Waals surface area contributed by atoms with Gasteiger partial charge in [-0.2, -0.15) is 13.2 Å². The van der Waals surface area contributed by atoms with Crippen molar-refractivity contribution in [2.75, 3.05) is 4.72 Å². The van der Waals surface area contributed by atoms with Crippen molar-refractivity contribution in [1.29, 1.82) is 0 Å². The molecule has 0 aliphatic rings. The van der Waals surface area contributed by atoms with E-state index in [1.807, 2.05) is 4.72 Å². The third-order valence-electron chi connectivity index (χ3n) is 2.92. The number of halogens is 5. The fourth-order valence-electron chi connectivity index (χ4n) is 1.80. The molecule has 124 valence electrons. The summed E-state index contributed by atoms with van der Waals surface area (Å²) in [4.78, 5) is -0.618. The minimum atomic E-state index is -4.72. The van der Waals surface area contributed by atoms with E-state index in [0.29, 0.717) is 11.6 Å². The molecular weight excluding hydrogens is 402 g/mol. The van der Waals surface area contributed by atoms with Crippen molar-refractivity contribution in [1.82, 2.24) is 0 Å². The number of hydrogen-bond donors (Lipinski definition) is 1. The number of nitrogens with one attached hydrogen (secondary N) is 1. The van der Waals surface area contributed by atoms with Crippen LogP contribution in [-0.2, 0) is 16.2 Å². The lowest BCUT2D eigenvalue weighted by molar-refractivity contribution is -0.138. The number of alkyl halides is 3. The molecule has 0 saturated heterocycles. The molecule has 0 heterocycles. The molecule has 0 amide bonds. The molecule has 0 unspecified atom stereocenters. The molecule has 0 aliphatic carbocycles. The van der Waals surface area contributed by atoms with Crippen molar-refractivity contribution in [3.05, 3.63) is 57.8 Å². The molecule has 0 radical (unpaired) electrons. The van der Waals surface area contributed by atoms with E-state index in [9.17, 15) is 26.0 Å². The first-order valence-corrected chi connectivity index (χ1v) is 8.44. The van der Waals surface area contributed by atoms with E-state index in [0.717, 1.165) is 18.2 Å². The molecule has 0 saturated carbocycles. The Kier molecular flexibility index (Phi) is 4.72. The zero-order valence-corrected chi connectivity index (χ0v) is 14.0. The lowest BCUT2D eigenvalue weighted by Gasteiger charge is -2.13. The predicted octanol–water partition coefficient (Wildman–Crippen LogP) is 4.72. The second-order valence-corrected chi connectivity index (χ2v) is 7.26. The van der Waals surface area contributed by atoms with Crippen molar-refractivity contribution in [2.24, 2.45) is 0 Å². The number of aryl methyl sites for hydroxylation is 1. The van der Waals surface area contributed by atoms with Crippen molar-refractivity contribution in [3.63, 3.8) is 0 Å². The van der Waals surface area contributed by atoms with Gasteiger partial charge in [0.2, 0.25) is 0 Å². The first-order chi connectivity index (χ1) is 10.5. The fourth-order valence-corrected chi connectivity index (χ4v) is 3.36. The molecule has 2 aromatic carbocycles. The molecule has 9 heteroatoms. The minimum Gasteiger partial charge on any atom is -0.277 e. The van der Waals surface area contributed by atoms with Crippen LogP contribution in [0.15, 0.2) is 45.8 Å². The topological polar surface area (TPSA) is 46.2 Å². The second kappa shape index (κ2) is 6.12. The molecular formula is C14H10BrF4NO2S. The highest BCUT2D eigenvalue weighted by Gasteiger charge is 2.34. The van der Waals surface area contributed by atoms with Gasteiger partial charge in [0.15, 0.2) is 0 Å². The summed E-state index contributed by atoms with van der Waals surface area (Å²) in [6.07, 6.45) is -4.72. The highest BCUT2D eigenvalue weighted by atomic mass is 79.9. The van der Waals surface area contributed by atoms with Gasteiger partial charge in [-0.3, -0.25) is 4.72 Å². The van der Waals surface area contributed by atoms with E-state index in [4.69, 9.17) is 0 Å². The van der Waals surface area contributed by atoms with Crippen LogP contribution in [0.4, 0.5) is 23.2 Å². The van der Waals surface area contributed by atoms with Crippen LogP contribution in [0.3, 0.4) is 0 Å². The maximum Gasteiger partial charge on any atom is 0.417 e. The number of hydrogen-bond acceptors (Lipinski definition) is 2. The second-order valence-electron chi connectivity index (χ2n) is 4.73. The molecule has 2 rings (SSSR count). The quantitative estimate of drug-likeness (QED) is 0.742. The summed E-state index contributed by atoms with van der Waals surface area (Å²) < 4.78 is 78.2. The Balaban J connectivity index is 2.44. The van der Waals surface area contributed by atoms with E-state index in [1.165, 1.54) is 12.1 Å². The van der Waals surface area contributed by atoms with Crippen LogP contribution in [0, 0.1) is 12.7 Å². The van der Waals surface area contributed by atoms with E-state index < -0.39 is 32.5 Å². The van der Waals surface area contributed by atoms with Gasteiger partial charge in [0.25, 0.3) is 10.0 Å². The van der Waals surface area contributed by atoms with Crippen LogP contribution < -0.4 is 4.72 Å². The Labute approximate surface area is 138 Å². The fraction of sp³-hybridized carbons (Fsp3) is 0.143. The van der Waals surface area contributed by atoms with E-state index >= 15 is 0 Å². The van der Waals surface area contributed by atoms with Gasteiger partial charge in [-0.25, -0.2) is 12.8 Å². The zero-order valence-electron chi connectivity index (χ0n) is 11.6. The summed E-state index contributed by atoms with van der Waals surface area (Å²) in [5, 5.41) is 0. The molecule has 23 heavy (non-hydrogen) atoms. The molecule has 0 aliphatic heterocycles. The van der Waals surface area contributed by atoms with Crippen molar-refractivity contribution in [3.8, 4) is 0 Å². The average molecular weight is 412 g/mol. The summed E-state index contributed by atoms with van der Waals surface area (Å²) in [6.45, 7) is 1.62. The van der Waals surface area contributed by atoms with Gasteiger partial charge in [-0.05, 0) is 42.8 Å². The molecule has 0 bridgehead atoms. The number of benzene rings is 2. The average Bonchev–Trinajstić information content (AvgIpc) is 2.41. The van der Waals surface area contributed by atoms with Crippen LogP contribution in [-0.4, -0.2) is 8.42 Å². The summed E-state index contributed by atoms with van der Waals surface area (Å²) in [5.41, 5.74) is -0.898. The Morgan fingerprint density at radius 3 is 2.30 bits per heavy atom. The smallest absolute Gasteiger partial charge is 0.277 e.